The molecule has 25 heavy (non-hydrogen) atoms. The molecule has 126 valence electrons. The number of ether oxygens (including phenoxy) is 1. The number of hydrogen-bond acceptors (Lipinski definition) is 4. The fourth-order valence-electron chi connectivity index (χ4n) is 3.43. The van der Waals surface area contributed by atoms with Crippen LogP contribution in [0.5, 0.6) is 5.75 Å². The molecule has 0 bridgehead atoms. The van der Waals surface area contributed by atoms with E-state index in [-0.39, 0.29) is 0 Å². The van der Waals surface area contributed by atoms with Crippen LogP contribution in [-0.2, 0) is 12.8 Å². The predicted molar refractivity (Wildman–Crippen MR) is 100 cm³/mol. The molecule has 0 spiro atoms. The lowest BCUT2D eigenvalue weighted by Gasteiger charge is -2.26. The molecule has 1 aromatic carbocycles. The average Bonchev–Trinajstić information content (AvgIpc) is 2.78. The molecule has 0 radical (unpaired) electrons. The van der Waals surface area contributed by atoms with Crippen molar-refractivity contribution in [2.24, 2.45) is 0 Å². The van der Waals surface area contributed by atoms with Gasteiger partial charge in [0.1, 0.15) is 17.4 Å². The molecular weight excluding hydrogens is 310 g/mol. The van der Waals surface area contributed by atoms with Gasteiger partial charge in [-0.2, -0.15) is 0 Å². The van der Waals surface area contributed by atoms with Crippen molar-refractivity contribution in [2.75, 3.05) is 12.0 Å². The van der Waals surface area contributed by atoms with E-state index in [9.17, 15) is 0 Å². The number of rotatable bonds is 2. The van der Waals surface area contributed by atoms with Crippen molar-refractivity contribution in [3.05, 3.63) is 71.0 Å². The number of benzene rings is 1. The van der Waals surface area contributed by atoms with Gasteiger partial charge in [-0.25, -0.2) is 9.97 Å². The maximum Gasteiger partial charge on any atom is 0.142 e. The Bertz CT molecular complexity index is 883. The standard InChI is InChI=1S/C21H21N3O/c1-14-10-16-8-9-17-11-15(2)13-23-21(17)24(20(16)22-12-14)18-6-4-5-7-19(18)25-3/h4-7,10-13H,8-9H2,1-3H3. The Morgan fingerprint density at radius 2 is 1.44 bits per heavy atom. The van der Waals surface area contributed by atoms with Crippen molar-refractivity contribution in [1.82, 2.24) is 9.97 Å². The van der Waals surface area contributed by atoms with E-state index in [0.717, 1.165) is 35.9 Å². The van der Waals surface area contributed by atoms with Crippen molar-refractivity contribution < 1.29 is 4.74 Å². The second kappa shape index (κ2) is 6.20. The van der Waals surface area contributed by atoms with Gasteiger partial charge in [-0.15, -0.1) is 0 Å². The first-order chi connectivity index (χ1) is 12.2. The highest BCUT2D eigenvalue weighted by Gasteiger charge is 2.26. The van der Waals surface area contributed by atoms with Crippen LogP contribution in [0.4, 0.5) is 17.3 Å². The summed E-state index contributed by atoms with van der Waals surface area (Å²) in [7, 11) is 1.70. The lowest BCUT2D eigenvalue weighted by Crippen LogP contribution is -2.16. The third-order valence-corrected chi connectivity index (χ3v) is 4.57. The van der Waals surface area contributed by atoms with Crippen LogP contribution in [0.25, 0.3) is 0 Å². The molecular formula is C21H21N3O. The van der Waals surface area contributed by atoms with Gasteiger partial charge in [-0.05, 0) is 61.1 Å². The number of nitrogens with zero attached hydrogens (tertiary/aromatic N) is 3. The third kappa shape index (κ3) is 2.74. The van der Waals surface area contributed by atoms with Crippen molar-refractivity contribution in [2.45, 2.75) is 26.7 Å². The van der Waals surface area contributed by atoms with Crippen molar-refractivity contribution in [1.29, 1.82) is 0 Å². The van der Waals surface area contributed by atoms with Crippen molar-refractivity contribution in [3.8, 4) is 5.75 Å². The van der Waals surface area contributed by atoms with Crippen molar-refractivity contribution >= 4 is 17.3 Å². The highest BCUT2D eigenvalue weighted by molar-refractivity contribution is 5.80. The smallest absolute Gasteiger partial charge is 0.142 e. The van der Waals surface area contributed by atoms with Gasteiger partial charge >= 0.3 is 0 Å². The molecule has 0 N–H and O–H groups in total. The maximum atomic E-state index is 5.62. The summed E-state index contributed by atoms with van der Waals surface area (Å²) in [6.07, 6.45) is 5.74. The van der Waals surface area contributed by atoms with Crippen LogP contribution in [0, 0.1) is 13.8 Å². The normalized spacial score (nSPS) is 13.0. The molecule has 0 atom stereocenters. The Hall–Kier alpha value is -2.88. The highest BCUT2D eigenvalue weighted by Crippen LogP contribution is 2.43. The zero-order valence-corrected chi connectivity index (χ0v) is 14.8. The molecule has 2 aromatic heterocycles. The second-order valence-electron chi connectivity index (χ2n) is 6.50. The van der Waals surface area contributed by atoms with Crippen LogP contribution < -0.4 is 9.64 Å². The SMILES string of the molecule is COc1ccccc1N1c2ncc(C)cc2CCc2cc(C)cnc21. The lowest BCUT2D eigenvalue weighted by atomic mass is 10.1. The van der Waals surface area contributed by atoms with E-state index in [1.54, 1.807) is 7.11 Å². The summed E-state index contributed by atoms with van der Waals surface area (Å²) in [5, 5.41) is 0. The summed E-state index contributed by atoms with van der Waals surface area (Å²) in [5.74, 6) is 2.68. The Balaban J connectivity index is 2.01. The first-order valence-corrected chi connectivity index (χ1v) is 8.51. The average molecular weight is 331 g/mol. The minimum absolute atomic E-state index is 0.811. The molecule has 4 nitrogen and oxygen atoms in total. The van der Waals surface area contributed by atoms with Crippen LogP contribution in [0.1, 0.15) is 22.3 Å². The van der Waals surface area contributed by atoms with Crippen molar-refractivity contribution in [3.63, 3.8) is 0 Å². The molecule has 4 rings (SSSR count). The lowest BCUT2D eigenvalue weighted by molar-refractivity contribution is 0.416. The van der Waals surface area contributed by atoms with E-state index < -0.39 is 0 Å². The number of hydrogen-bond donors (Lipinski definition) is 0. The fraction of sp³-hybridized carbons (Fsp3) is 0.238. The summed E-state index contributed by atoms with van der Waals surface area (Å²) in [4.78, 5) is 11.7. The maximum absolute atomic E-state index is 5.62. The predicted octanol–water partition coefficient (Wildman–Crippen LogP) is 4.67. The number of aryl methyl sites for hydroxylation is 4. The van der Waals surface area contributed by atoms with Crippen LogP contribution >= 0.6 is 0 Å². The molecule has 0 fully saturated rings. The number of fused-ring (bicyclic) bond motifs is 2. The van der Waals surface area contributed by atoms with Crippen LogP contribution in [0.15, 0.2) is 48.8 Å². The molecule has 0 saturated heterocycles. The largest absolute Gasteiger partial charge is 0.495 e. The minimum Gasteiger partial charge on any atom is -0.495 e. The van der Waals surface area contributed by atoms with Gasteiger partial charge in [0.25, 0.3) is 0 Å². The van der Waals surface area contributed by atoms with Crippen LogP contribution in [0.2, 0.25) is 0 Å². The minimum atomic E-state index is 0.811. The third-order valence-electron chi connectivity index (χ3n) is 4.57. The van der Waals surface area contributed by atoms with Gasteiger partial charge in [0.2, 0.25) is 0 Å². The Kier molecular flexibility index (Phi) is 3.88. The van der Waals surface area contributed by atoms with Gasteiger partial charge in [0.05, 0.1) is 12.8 Å². The molecule has 0 saturated carbocycles. The first kappa shape index (κ1) is 15.6. The zero-order valence-electron chi connectivity index (χ0n) is 14.8. The van der Waals surface area contributed by atoms with E-state index in [2.05, 4.69) is 36.9 Å². The van der Waals surface area contributed by atoms with Gasteiger partial charge < -0.3 is 4.74 Å². The van der Waals surface area contributed by atoms with Gasteiger partial charge in [0.15, 0.2) is 0 Å². The molecule has 3 aromatic rings. The Morgan fingerprint density at radius 1 is 0.880 bits per heavy atom. The summed E-state index contributed by atoms with van der Waals surface area (Å²) >= 11 is 0. The van der Waals surface area contributed by atoms with E-state index in [1.807, 2.05) is 30.6 Å². The van der Waals surface area contributed by atoms with Gasteiger partial charge in [-0.3, -0.25) is 4.90 Å². The molecule has 3 heterocycles. The molecule has 0 amide bonds. The summed E-state index contributed by atoms with van der Waals surface area (Å²) in [6, 6.07) is 12.5. The number of para-hydroxylation sites is 2. The van der Waals surface area contributed by atoms with E-state index in [1.165, 1.54) is 22.3 Å². The number of pyridine rings is 2. The van der Waals surface area contributed by atoms with Gasteiger partial charge in [-0.1, -0.05) is 24.3 Å². The topological polar surface area (TPSA) is 38.2 Å². The van der Waals surface area contributed by atoms with Crippen LogP contribution in [0.3, 0.4) is 0 Å². The summed E-state index contributed by atoms with van der Waals surface area (Å²) < 4.78 is 5.62. The molecule has 1 aliphatic rings. The van der Waals surface area contributed by atoms with E-state index in [4.69, 9.17) is 14.7 Å². The first-order valence-electron chi connectivity index (χ1n) is 8.51. The molecule has 4 heteroatoms. The quantitative estimate of drug-likeness (QED) is 0.684. The highest BCUT2D eigenvalue weighted by atomic mass is 16.5. The zero-order chi connectivity index (χ0) is 17.4. The van der Waals surface area contributed by atoms with Gasteiger partial charge in [0, 0.05) is 12.4 Å². The number of methoxy groups -OCH3 is 1. The van der Waals surface area contributed by atoms with E-state index in [0.29, 0.717) is 0 Å². The molecule has 1 aliphatic heterocycles. The Morgan fingerprint density at radius 3 is 2.00 bits per heavy atom. The van der Waals surface area contributed by atoms with Crippen LogP contribution in [-0.4, -0.2) is 17.1 Å². The number of anilines is 3. The fourth-order valence-corrected chi connectivity index (χ4v) is 3.43. The summed E-state index contributed by atoms with van der Waals surface area (Å²) in [6.45, 7) is 4.17. The molecule has 0 unspecified atom stereocenters. The monoisotopic (exact) mass is 331 g/mol. The summed E-state index contributed by atoms with van der Waals surface area (Å²) in [5.41, 5.74) is 5.79. The second-order valence-corrected chi connectivity index (χ2v) is 6.50. The Labute approximate surface area is 148 Å². The van der Waals surface area contributed by atoms with E-state index >= 15 is 0 Å². The number of aromatic nitrogens is 2. The molecule has 0 aliphatic carbocycles.